The third kappa shape index (κ3) is 32.3. The first kappa shape index (κ1) is 46.4. The molecule has 0 rings (SSSR count). The zero-order valence-electron chi connectivity index (χ0n) is 29.4. The minimum atomic E-state index is -4.84. The molecular formula is C37H61O11P. The van der Waals surface area contributed by atoms with Gasteiger partial charge in [-0.2, -0.15) is 0 Å². The van der Waals surface area contributed by atoms with Crippen molar-refractivity contribution in [2.45, 2.75) is 135 Å². The molecule has 0 bridgehead atoms. The van der Waals surface area contributed by atoms with Gasteiger partial charge in [0.15, 0.2) is 6.10 Å². The smallest absolute Gasteiger partial charge is 0.462 e. The molecule has 0 aromatic carbocycles. The van der Waals surface area contributed by atoms with Crippen LogP contribution in [-0.2, 0) is 28.2 Å². The van der Waals surface area contributed by atoms with Gasteiger partial charge in [-0.25, -0.2) is 4.57 Å². The van der Waals surface area contributed by atoms with Crippen molar-refractivity contribution in [2.24, 2.45) is 0 Å². The summed E-state index contributed by atoms with van der Waals surface area (Å²) in [5.41, 5.74) is 0. The number of carbonyl (C=O) groups excluding carboxylic acids is 2. The molecule has 4 atom stereocenters. The van der Waals surface area contributed by atoms with Gasteiger partial charge in [0, 0.05) is 12.8 Å². The van der Waals surface area contributed by atoms with Crippen molar-refractivity contribution in [3.63, 3.8) is 0 Å². The van der Waals surface area contributed by atoms with Crippen molar-refractivity contribution in [3.8, 4) is 0 Å². The van der Waals surface area contributed by atoms with Crippen LogP contribution in [0.15, 0.2) is 72.9 Å². The van der Waals surface area contributed by atoms with Crippen molar-refractivity contribution in [3.05, 3.63) is 72.9 Å². The van der Waals surface area contributed by atoms with Crippen LogP contribution in [0.2, 0.25) is 0 Å². The van der Waals surface area contributed by atoms with Gasteiger partial charge < -0.3 is 34.6 Å². The second kappa shape index (κ2) is 31.4. The number of carbonyl (C=O) groups is 2. The lowest BCUT2D eigenvalue weighted by molar-refractivity contribution is -0.161. The summed E-state index contributed by atoms with van der Waals surface area (Å²) in [6.07, 6.45) is 28.7. The van der Waals surface area contributed by atoms with Gasteiger partial charge in [-0.05, 0) is 51.4 Å². The maximum atomic E-state index is 12.3. The number of hydrogen-bond donors (Lipinski definition) is 5. The molecule has 49 heavy (non-hydrogen) atoms. The van der Waals surface area contributed by atoms with Crippen LogP contribution in [-0.4, -0.2) is 74.7 Å². The molecule has 0 spiro atoms. The Labute approximate surface area is 293 Å². The fourth-order valence-corrected chi connectivity index (χ4v) is 4.64. The number of phosphoric acid groups is 1. The molecule has 0 saturated heterocycles. The van der Waals surface area contributed by atoms with Crippen molar-refractivity contribution in [2.75, 3.05) is 13.2 Å². The average Bonchev–Trinajstić information content (AvgIpc) is 3.05. The number of aliphatic hydroxyl groups is 3. The van der Waals surface area contributed by atoms with Gasteiger partial charge in [0.2, 0.25) is 0 Å². The molecule has 5 N–H and O–H groups in total. The summed E-state index contributed by atoms with van der Waals surface area (Å²) in [5, 5.41) is 30.1. The number of phosphoric ester groups is 1. The van der Waals surface area contributed by atoms with Gasteiger partial charge in [0.05, 0.1) is 24.9 Å². The summed E-state index contributed by atoms with van der Waals surface area (Å²) >= 11 is 0. The van der Waals surface area contributed by atoms with Crippen molar-refractivity contribution < 1.29 is 53.3 Å². The topological polar surface area (TPSA) is 180 Å². The lowest BCUT2D eigenvalue weighted by atomic mass is 10.1. The molecular weight excluding hydrogens is 651 g/mol. The first-order chi connectivity index (χ1) is 23.5. The summed E-state index contributed by atoms with van der Waals surface area (Å²) < 4.78 is 26.0. The molecule has 0 unspecified atom stereocenters. The predicted octanol–water partition coefficient (Wildman–Crippen LogP) is 6.86. The largest absolute Gasteiger partial charge is 0.469 e. The van der Waals surface area contributed by atoms with E-state index >= 15 is 0 Å². The third-order valence-electron chi connectivity index (χ3n) is 7.05. The number of rotatable bonds is 30. The van der Waals surface area contributed by atoms with Gasteiger partial charge in [-0.1, -0.05) is 119 Å². The standard InChI is InChI=1S/C37H61O11P/c1-3-5-7-8-9-10-11-12-13-18-22-28-37(42)48-33(31-47-49(43,44)45)30-46-36(41)29-23-27-35(40)34(39)26-21-17-15-14-16-20-25-32(38)24-19-6-4-2/h6,8-9,14-17,19-21,25-26,32-35,38-40H,3-5,7,10-13,18,22-24,27-31H2,1-2H3,(H2,43,44,45)/b9-8-,16-14+,17-15-,19-6-,25-20+,26-21-/t32-,33-,34+,35+/m1/s1. The van der Waals surface area contributed by atoms with Crippen molar-refractivity contribution in [1.29, 1.82) is 0 Å². The second-order valence-electron chi connectivity index (χ2n) is 11.7. The summed E-state index contributed by atoms with van der Waals surface area (Å²) in [6, 6.07) is 0. The third-order valence-corrected chi connectivity index (χ3v) is 7.54. The molecule has 0 aliphatic carbocycles. The van der Waals surface area contributed by atoms with E-state index in [4.69, 9.17) is 19.3 Å². The molecule has 0 aliphatic heterocycles. The molecule has 0 aliphatic rings. The van der Waals surface area contributed by atoms with E-state index in [1.54, 1.807) is 42.5 Å². The first-order valence-corrected chi connectivity index (χ1v) is 19.1. The lowest BCUT2D eigenvalue weighted by Gasteiger charge is -2.18. The Hall–Kier alpha value is -2.63. The number of hydrogen-bond acceptors (Lipinski definition) is 9. The highest BCUT2D eigenvalue weighted by atomic mass is 31.2. The average molecular weight is 713 g/mol. The molecule has 0 saturated carbocycles. The molecule has 12 heteroatoms. The van der Waals surface area contributed by atoms with Gasteiger partial charge in [-0.3, -0.25) is 14.1 Å². The molecule has 0 aromatic heterocycles. The zero-order chi connectivity index (χ0) is 36.6. The molecule has 0 fully saturated rings. The fourth-order valence-electron chi connectivity index (χ4n) is 4.28. The zero-order valence-corrected chi connectivity index (χ0v) is 30.3. The number of unbranched alkanes of at least 4 members (excludes halogenated alkanes) is 7. The summed E-state index contributed by atoms with van der Waals surface area (Å²) in [5.74, 6) is -1.24. The Kier molecular flexibility index (Phi) is 29.7. The van der Waals surface area contributed by atoms with Gasteiger partial charge in [-0.15, -0.1) is 0 Å². The molecule has 11 nitrogen and oxygen atoms in total. The van der Waals surface area contributed by atoms with E-state index in [0.29, 0.717) is 12.8 Å². The van der Waals surface area contributed by atoms with Crippen LogP contribution in [0.3, 0.4) is 0 Å². The van der Waals surface area contributed by atoms with Crippen LogP contribution >= 0.6 is 7.82 Å². The van der Waals surface area contributed by atoms with Gasteiger partial charge in [0.1, 0.15) is 6.61 Å². The highest BCUT2D eigenvalue weighted by Crippen LogP contribution is 2.36. The van der Waals surface area contributed by atoms with Crippen LogP contribution in [0.25, 0.3) is 0 Å². The van der Waals surface area contributed by atoms with Crippen LogP contribution in [0, 0.1) is 0 Å². The minimum Gasteiger partial charge on any atom is -0.462 e. The Morgan fingerprint density at radius 3 is 1.98 bits per heavy atom. The van der Waals surface area contributed by atoms with Gasteiger partial charge >= 0.3 is 19.8 Å². The van der Waals surface area contributed by atoms with Crippen LogP contribution in [0.4, 0.5) is 0 Å². The SMILES string of the molecule is CC/C=C\C[C@@H](O)/C=C/C=C/C=C\C=C/[C@H](O)[C@@H](O)CCCC(=O)OC[C@H](COP(=O)(O)O)OC(=O)CCCCCCC/C=C\CCCC. The van der Waals surface area contributed by atoms with E-state index in [0.717, 1.165) is 44.9 Å². The normalized spacial score (nSPS) is 15.3. The van der Waals surface area contributed by atoms with Crippen LogP contribution in [0.5, 0.6) is 0 Å². The van der Waals surface area contributed by atoms with E-state index < -0.39 is 57.4 Å². The number of aliphatic hydroxyl groups excluding tert-OH is 3. The molecule has 0 heterocycles. The monoisotopic (exact) mass is 712 g/mol. The van der Waals surface area contributed by atoms with E-state index in [1.807, 2.05) is 19.1 Å². The summed E-state index contributed by atoms with van der Waals surface area (Å²) in [4.78, 5) is 42.6. The Morgan fingerprint density at radius 1 is 0.694 bits per heavy atom. The Bertz CT molecular complexity index is 1070. The molecule has 0 aromatic rings. The lowest BCUT2D eigenvalue weighted by Crippen LogP contribution is -2.29. The Morgan fingerprint density at radius 2 is 1.31 bits per heavy atom. The fraction of sp³-hybridized carbons (Fsp3) is 0.622. The highest BCUT2D eigenvalue weighted by molar-refractivity contribution is 7.46. The maximum absolute atomic E-state index is 12.3. The first-order valence-electron chi connectivity index (χ1n) is 17.6. The second-order valence-corrected chi connectivity index (χ2v) is 12.9. The van der Waals surface area contributed by atoms with Crippen LogP contribution < -0.4 is 0 Å². The number of ether oxygens (including phenoxy) is 2. The minimum absolute atomic E-state index is 0.0934. The van der Waals surface area contributed by atoms with E-state index in [-0.39, 0.29) is 25.7 Å². The van der Waals surface area contributed by atoms with Gasteiger partial charge in [0.25, 0.3) is 0 Å². The van der Waals surface area contributed by atoms with E-state index in [9.17, 15) is 29.5 Å². The van der Waals surface area contributed by atoms with Crippen molar-refractivity contribution in [1.82, 2.24) is 0 Å². The van der Waals surface area contributed by atoms with Crippen LogP contribution in [0.1, 0.15) is 110 Å². The summed E-state index contributed by atoms with van der Waals surface area (Å²) in [7, 11) is -4.84. The predicted molar refractivity (Wildman–Crippen MR) is 192 cm³/mol. The van der Waals surface area contributed by atoms with E-state index in [1.165, 1.54) is 18.9 Å². The highest BCUT2D eigenvalue weighted by Gasteiger charge is 2.23. The number of esters is 2. The van der Waals surface area contributed by atoms with Crippen molar-refractivity contribution >= 4 is 19.8 Å². The molecule has 0 amide bonds. The Balaban J connectivity index is 4.41. The number of allylic oxidation sites excluding steroid dienone is 9. The quantitative estimate of drug-likeness (QED) is 0.0173. The van der Waals surface area contributed by atoms with E-state index in [2.05, 4.69) is 23.6 Å². The molecule has 0 radical (unpaired) electrons. The summed E-state index contributed by atoms with van der Waals surface area (Å²) in [6.45, 7) is 3.11. The maximum Gasteiger partial charge on any atom is 0.469 e. The molecule has 280 valence electrons.